The molecule has 3 nitrogen and oxygen atoms in total. The molecule has 0 bridgehead atoms. The number of hydrogen-bond donors (Lipinski definition) is 2. The summed E-state index contributed by atoms with van der Waals surface area (Å²) in [4.78, 5) is 2.26. The van der Waals surface area contributed by atoms with E-state index in [9.17, 15) is 5.11 Å². The lowest BCUT2D eigenvalue weighted by molar-refractivity contribution is 0.238. The van der Waals surface area contributed by atoms with Gasteiger partial charge in [-0.05, 0) is 24.5 Å². The summed E-state index contributed by atoms with van der Waals surface area (Å²) in [5.41, 5.74) is 2.38. The summed E-state index contributed by atoms with van der Waals surface area (Å²) in [5.74, 6) is 0.701. The van der Waals surface area contributed by atoms with Crippen LogP contribution in [-0.2, 0) is 6.42 Å². The highest BCUT2D eigenvalue weighted by atomic mass is 16.3. The topological polar surface area (TPSA) is 43.7 Å². The van der Waals surface area contributed by atoms with E-state index in [0.29, 0.717) is 11.7 Å². The molecule has 0 amide bonds. The molecule has 0 aromatic heterocycles. The molecule has 1 unspecified atom stereocenters. The van der Waals surface area contributed by atoms with Crippen LogP contribution in [0.15, 0.2) is 18.2 Å². The fraction of sp³-hybridized carbons (Fsp3) is 0.538. The third kappa shape index (κ3) is 2.14. The second kappa shape index (κ2) is 4.74. The molecule has 2 rings (SSSR count). The summed E-state index contributed by atoms with van der Waals surface area (Å²) >= 11 is 0. The lowest BCUT2D eigenvalue weighted by atomic mass is 10.1. The number of aryl methyl sites for hydroxylation is 1. The number of aliphatic hydroxyl groups is 1. The van der Waals surface area contributed by atoms with Crippen molar-refractivity contribution in [2.75, 3.05) is 24.6 Å². The third-order valence-electron chi connectivity index (χ3n) is 3.33. The van der Waals surface area contributed by atoms with Gasteiger partial charge in [0.2, 0.25) is 0 Å². The van der Waals surface area contributed by atoms with Gasteiger partial charge in [0.15, 0.2) is 0 Å². The number of benzene rings is 1. The highest BCUT2D eigenvalue weighted by Crippen LogP contribution is 2.30. The first-order valence-corrected chi connectivity index (χ1v) is 5.92. The molecule has 0 radical (unpaired) electrons. The van der Waals surface area contributed by atoms with Crippen molar-refractivity contribution in [3.8, 4) is 5.75 Å². The smallest absolute Gasteiger partial charge is 0.117 e. The van der Waals surface area contributed by atoms with Gasteiger partial charge in [0.25, 0.3) is 0 Å². The molecule has 1 aliphatic heterocycles. The molecule has 0 aliphatic carbocycles. The summed E-state index contributed by atoms with van der Waals surface area (Å²) in [6.45, 7) is 4.25. The average Bonchev–Trinajstić information content (AvgIpc) is 2.77. The highest BCUT2D eigenvalue weighted by molar-refractivity contribution is 5.57. The Morgan fingerprint density at radius 3 is 2.88 bits per heavy atom. The quantitative estimate of drug-likeness (QED) is 0.817. The van der Waals surface area contributed by atoms with Gasteiger partial charge in [-0.2, -0.15) is 0 Å². The molecule has 2 N–H and O–H groups in total. The van der Waals surface area contributed by atoms with E-state index in [1.165, 1.54) is 5.56 Å². The summed E-state index contributed by atoms with van der Waals surface area (Å²) in [5, 5.41) is 18.7. The van der Waals surface area contributed by atoms with Gasteiger partial charge in [-0.1, -0.05) is 13.0 Å². The van der Waals surface area contributed by atoms with Gasteiger partial charge < -0.3 is 15.1 Å². The number of anilines is 1. The van der Waals surface area contributed by atoms with Crippen molar-refractivity contribution in [1.82, 2.24) is 0 Å². The van der Waals surface area contributed by atoms with Crippen molar-refractivity contribution in [1.29, 1.82) is 0 Å². The Hall–Kier alpha value is -1.22. The summed E-state index contributed by atoms with van der Waals surface area (Å²) in [7, 11) is 0. The number of hydrogen-bond acceptors (Lipinski definition) is 3. The second-order valence-electron chi connectivity index (χ2n) is 4.45. The van der Waals surface area contributed by atoms with Crippen molar-refractivity contribution < 1.29 is 10.2 Å². The average molecular weight is 221 g/mol. The van der Waals surface area contributed by atoms with Gasteiger partial charge in [0.1, 0.15) is 5.75 Å². The van der Waals surface area contributed by atoms with Crippen molar-refractivity contribution in [3.05, 3.63) is 23.8 Å². The lowest BCUT2D eigenvalue weighted by Gasteiger charge is -2.21. The molecule has 1 saturated heterocycles. The first kappa shape index (κ1) is 11.3. The molecule has 16 heavy (non-hydrogen) atoms. The maximum Gasteiger partial charge on any atom is 0.117 e. The van der Waals surface area contributed by atoms with Crippen LogP contribution in [0, 0.1) is 5.92 Å². The van der Waals surface area contributed by atoms with Gasteiger partial charge in [-0.3, -0.25) is 0 Å². The molecule has 88 valence electrons. The van der Waals surface area contributed by atoms with E-state index in [4.69, 9.17) is 5.11 Å². The number of nitrogens with zero attached hydrogens (tertiary/aromatic N) is 1. The van der Waals surface area contributed by atoms with Crippen LogP contribution in [0.3, 0.4) is 0 Å². The molecule has 1 aromatic rings. The Kier molecular flexibility index (Phi) is 3.34. The lowest BCUT2D eigenvalue weighted by Crippen LogP contribution is -2.21. The number of aromatic hydroxyl groups is 1. The van der Waals surface area contributed by atoms with Gasteiger partial charge >= 0.3 is 0 Å². The molecule has 0 saturated carbocycles. The van der Waals surface area contributed by atoms with Crippen LogP contribution in [-0.4, -0.2) is 29.9 Å². The molecule has 1 aromatic carbocycles. The number of aliphatic hydroxyl groups excluding tert-OH is 1. The van der Waals surface area contributed by atoms with Crippen LogP contribution in [0.5, 0.6) is 5.75 Å². The van der Waals surface area contributed by atoms with Crippen LogP contribution in [0.1, 0.15) is 18.9 Å². The minimum absolute atomic E-state index is 0.261. The molecular formula is C13H19NO2. The molecule has 1 aliphatic rings. The number of rotatable bonds is 3. The zero-order valence-electron chi connectivity index (χ0n) is 9.69. The Bertz CT molecular complexity index is 365. The second-order valence-corrected chi connectivity index (χ2v) is 4.45. The molecule has 3 heteroatoms. The minimum Gasteiger partial charge on any atom is -0.508 e. The summed E-state index contributed by atoms with van der Waals surface area (Å²) in [6.07, 6.45) is 2.01. The predicted octanol–water partition coefficient (Wildman–Crippen LogP) is 1.77. The Morgan fingerprint density at radius 1 is 1.44 bits per heavy atom. The van der Waals surface area contributed by atoms with Gasteiger partial charge in [-0.15, -0.1) is 0 Å². The van der Waals surface area contributed by atoms with Crippen LogP contribution >= 0.6 is 0 Å². The van der Waals surface area contributed by atoms with E-state index >= 15 is 0 Å². The number of phenols is 1. The van der Waals surface area contributed by atoms with Gasteiger partial charge in [0.05, 0.1) is 0 Å². The first-order chi connectivity index (χ1) is 7.74. The van der Waals surface area contributed by atoms with E-state index in [1.807, 2.05) is 12.1 Å². The zero-order chi connectivity index (χ0) is 11.5. The Balaban J connectivity index is 2.22. The van der Waals surface area contributed by atoms with Crippen LogP contribution in [0.2, 0.25) is 0 Å². The van der Waals surface area contributed by atoms with Crippen molar-refractivity contribution in [3.63, 3.8) is 0 Å². The molecule has 1 heterocycles. The maximum atomic E-state index is 9.54. The SMILES string of the molecule is CCc1ccc(O)cc1N1CCC(CO)C1. The maximum absolute atomic E-state index is 9.54. The van der Waals surface area contributed by atoms with Crippen LogP contribution in [0.25, 0.3) is 0 Å². The molecule has 0 spiro atoms. The Labute approximate surface area is 96.3 Å². The first-order valence-electron chi connectivity index (χ1n) is 5.92. The molecular weight excluding hydrogens is 202 g/mol. The highest BCUT2D eigenvalue weighted by Gasteiger charge is 2.23. The largest absolute Gasteiger partial charge is 0.508 e. The number of phenolic OH excluding ortho intramolecular Hbond substituents is 1. The van der Waals surface area contributed by atoms with E-state index in [2.05, 4.69) is 11.8 Å². The predicted molar refractivity (Wildman–Crippen MR) is 64.9 cm³/mol. The standard InChI is InChI=1S/C13H19NO2/c1-2-11-3-4-12(16)7-13(11)14-6-5-10(8-14)9-15/h3-4,7,10,15-16H,2,5-6,8-9H2,1H3. The monoisotopic (exact) mass is 221 g/mol. The van der Waals surface area contributed by atoms with E-state index in [0.717, 1.165) is 31.6 Å². The molecule has 1 atom stereocenters. The van der Waals surface area contributed by atoms with Crippen LogP contribution in [0.4, 0.5) is 5.69 Å². The Morgan fingerprint density at radius 2 is 2.25 bits per heavy atom. The fourth-order valence-corrected chi connectivity index (χ4v) is 2.35. The van der Waals surface area contributed by atoms with E-state index < -0.39 is 0 Å². The minimum atomic E-state index is 0.261. The van der Waals surface area contributed by atoms with Crippen molar-refractivity contribution in [2.24, 2.45) is 5.92 Å². The van der Waals surface area contributed by atoms with Gasteiger partial charge in [0, 0.05) is 37.4 Å². The van der Waals surface area contributed by atoms with E-state index in [1.54, 1.807) is 6.07 Å². The van der Waals surface area contributed by atoms with Crippen molar-refractivity contribution >= 4 is 5.69 Å². The fourth-order valence-electron chi connectivity index (χ4n) is 2.35. The van der Waals surface area contributed by atoms with E-state index in [-0.39, 0.29) is 6.61 Å². The van der Waals surface area contributed by atoms with Gasteiger partial charge in [-0.25, -0.2) is 0 Å². The normalized spacial score (nSPS) is 20.4. The summed E-state index contributed by atoms with van der Waals surface area (Å²) < 4.78 is 0. The zero-order valence-corrected chi connectivity index (χ0v) is 9.69. The van der Waals surface area contributed by atoms with Crippen molar-refractivity contribution in [2.45, 2.75) is 19.8 Å². The summed E-state index contributed by atoms with van der Waals surface area (Å²) in [6, 6.07) is 5.55. The van der Waals surface area contributed by atoms with Crippen LogP contribution < -0.4 is 4.90 Å². The third-order valence-corrected chi connectivity index (χ3v) is 3.33. The molecule has 1 fully saturated rings.